The number of aryl methyl sites for hydroxylation is 1. The SMILES string of the molecule is CCN1C(=O)COc2ccc(C(=O)CN3C(=O)C(C)(C)Oc4ccc(C)cc43)cc21. The molecule has 2 aromatic rings. The van der Waals surface area contributed by atoms with Crippen LogP contribution in [0.4, 0.5) is 11.4 Å². The summed E-state index contributed by atoms with van der Waals surface area (Å²) >= 11 is 0. The number of hydrogen-bond donors (Lipinski definition) is 0. The van der Waals surface area contributed by atoms with E-state index in [2.05, 4.69) is 0 Å². The van der Waals surface area contributed by atoms with Crippen LogP contribution in [0.1, 0.15) is 36.7 Å². The number of carbonyl (C=O) groups is 3. The molecule has 0 aliphatic carbocycles. The zero-order chi connectivity index (χ0) is 21.6. The van der Waals surface area contributed by atoms with Crippen LogP contribution in [-0.4, -0.2) is 42.9 Å². The average molecular weight is 408 g/mol. The summed E-state index contributed by atoms with van der Waals surface area (Å²) in [6, 6.07) is 10.6. The van der Waals surface area contributed by atoms with Crippen LogP contribution in [0.25, 0.3) is 0 Å². The number of rotatable bonds is 4. The van der Waals surface area contributed by atoms with Gasteiger partial charge in [0.25, 0.3) is 11.8 Å². The maximum Gasteiger partial charge on any atom is 0.271 e. The Bertz CT molecular complexity index is 1060. The number of ketones is 1. The molecule has 2 aliphatic rings. The topological polar surface area (TPSA) is 76.2 Å². The van der Waals surface area contributed by atoms with Gasteiger partial charge in [-0.2, -0.15) is 0 Å². The Hall–Kier alpha value is -3.35. The molecule has 0 fully saturated rings. The van der Waals surface area contributed by atoms with E-state index in [0.29, 0.717) is 35.0 Å². The summed E-state index contributed by atoms with van der Waals surface area (Å²) in [5, 5.41) is 0. The second kappa shape index (κ2) is 7.16. The molecule has 0 spiro atoms. The molecule has 0 bridgehead atoms. The van der Waals surface area contributed by atoms with Gasteiger partial charge >= 0.3 is 0 Å². The third-order valence-electron chi connectivity index (χ3n) is 5.37. The van der Waals surface area contributed by atoms with Crippen molar-refractivity contribution in [2.45, 2.75) is 33.3 Å². The number of nitrogens with zero attached hydrogens (tertiary/aromatic N) is 2. The quantitative estimate of drug-likeness (QED) is 0.727. The molecule has 7 nitrogen and oxygen atoms in total. The number of hydrogen-bond acceptors (Lipinski definition) is 5. The average Bonchev–Trinajstić information content (AvgIpc) is 2.71. The highest BCUT2D eigenvalue weighted by Crippen LogP contribution is 2.39. The van der Waals surface area contributed by atoms with Crippen molar-refractivity contribution in [3.05, 3.63) is 47.5 Å². The van der Waals surface area contributed by atoms with Crippen LogP contribution < -0.4 is 19.3 Å². The van der Waals surface area contributed by atoms with Gasteiger partial charge in [0.2, 0.25) is 0 Å². The van der Waals surface area contributed by atoms with Crippen molar-refractivity contribution >= 4 is 29.0 Å². The van der Waals surface area contributed by atoms with E-state index >= 15 is 0 Å². The number of fused-ring (bicyclic) bond motifs is 2. The number of amides is 2. The largest absolute Gasteiger partial charge is 0.482 e. The third kappa shape index (κ3) is 3.30. The molecule has 30 heavy (non-hydrogen) atoms. The predicted octanol–water partition coefficient (Wildman–Crippen LogP) is 3.13. The second-order valence-electron chi connectivity index (χ2n) is 8.01. The molecule has 4 rings (SSSR count). The van der Waals surface area contributed by atoms with Crippen LogP contribution in [0.3, 0.4) is 0 Å². The maximum absolute atomic E-state index is 13.1. The number of carbonyl (C=O) groups excluding carboxylic acids is 3. The molecule has 2 amide bonds. The Balaban J connectivity index is 1.67. The van der Waals surface area contributed by atoms with Crippen molar-refractivity contribution in [1.82, 2.24) is 0 Å². The van der Waals surface area contributed by atoms with Crippen LogP contribution in [0.15, 0.2) is 36.4 Å². The van der Waals surface area contributed by atoms with Crippen molar-refractivity contribution in [2.75, 3.05) is 29.5 Å². The molecule has 2 aliphatic heterocycles. The molecular formula is C23H24N2O5. The predicted molar refractivity (Wildman–Crippen MR) is 113 cm³/mol. The lowest BCUT2D eigenvalue weighted by Gasteiger charge is -2.38. The van der Waals surface area contributed by atoms with Crippen molar-refractivity contribution in [1.29, 1.82) is 0 Å². The molecule has 0 unspecified atom stereocenters. The van der Waals surface area contributed by atoms with Gasteiger partial charge in [-0.3, -0.25) is 19.3 Å². The van der Waals surface area contributed by atoms with Crippen molar-refractivity contribution < 1.29 is 23.9 Å². The van der Waals surface area contributed by atoms with Gasteiger partial charge in [0, 0.05) is 12.1 Å². The summed E-state index contributed by atoms with van der Waals surface area (Å²) in [5.74, 6) is 0.479. The molecular weight excluding hydrogens is 384 g/mol. The first-order chi connectivity index (χ1) is 14.2. The van der Waals surface area contributed by atoms with Crippen LogP contribution in [0.2, 0.25) is 0 Å². The van der Waals surface area contributed by atoms with E-state index in [1.165, 1.54) is 4.90 Å². The Morgan fingerprint density at radius 2 is 1.73 bits per heavy atom. The summed E-state index contributed by atoms with van der Waals surface area (Å²) < 4.78 is 11.3. The summed E-state index contributed by atoms with van der Waals surface area (Å²) in [6.07, 6.45) is 0. The fourth-order valence-corrected chi connectivity index (χ4v) is 3.79. The van der Waals surface area contributed by atoms with Crippen LogP contribution in [0, 0.1) is 6.92 Å². The molecule has 0 N–H and O–H groups in total. The minimum Gasteiger partial charge on any atom is -0.482 e. The summed E-state index contributed by atoms with van der Waals surface area (Å²) in [7, 11) is 0. The summed E-state index contributed by atoms with van der Waals surface area (Å²) in [4.78, 5) is 41.4. The van der Waals surface area contributed by atoms with Gasteiger partial charge in [0.15, 0.2) is 18.0 Å². The van der Waals surface area contributed by atoms with Gasteiger partial charge < -0.3 is 14.4 Å². The second-order valence-corrected chi connectivity index (χ2v) is 8.01. The highest BCUT2D eigenvalue weighted by Gasteiger charge is 2.41. The minimum atomic E-state index is -1.07. The van der Waals surface area contributed by atoms with Crippen molar-refractivity contribution in [3.8, 4) is 11.5 Å². The molecule has 2 aromatic carbocycles. The molecule has 0 radical (unpaired) electrons. The van der Waals surface area contributed by atoms with Gasteiger partial charge in [0.1, 0.15) is 11.5 Å². The van der Waals surface area contributed by atoms with E-state index in [1.807, 2.05) is 32.0 Å². The molecule has 0 atom stereocenters. The van der Waals surface area contributed by atoms with Crippen molar-refractivity contribution in [2.24, 2.45) is 0 Å². The van der Waals surface area contributed by atoms with E-state index in [9.17, 15) is 14.4 Å². The highest BCUT2D eigenvalue weighted by atomic mass is 16.5. The van der Waals surface area contributed by atoms with Gasteiger partial charge in [-0.05, 0) is 63.6 Å². The van der Waals surface area contributed by atoms with Crippen molar-refractivity contribution in [3.63, 3.8) is 0 Å². The zero-order valence-electron chi connectivity index (χ0n) is 17.5. The third-order valence-corrected chi connectivity index (χ3v) is 5.37. The van der Waals surface area contributed by atoms with E-state index in [0.717, 1.165) is 5.56 Å². The molecule has 7 heteroatoms. The number of anilines is 2. The van der Waals surface area contributed by atoms with Gasteiger partial charge in [-0.15, -0.1) is 0 Å². The van der Waals surface area contributed by atoms with Gasteiger partial charge in [-0.25, -0.2) is 0 Å². The summed E-state index contributed by atoms with van der Waals surface area (Å²) in [5.41, 5.74) is 1.46. The first kappa shape index (κ1) is 19.9. The van der Waals surface area contributed by atoms with Crippen LogP contribution >= 0.6 is 0 Å². The molecule has 0 saturated heterocycles. The normalized spacial score (nSPS) is 17.1. The smallest absolute Gasteiger partial charge is 0.271 e. The lowest BCUT2D eigenvalue weighted by Crippen LogP contribution is -2.53. The minimum absolute atomic E-state index is 0.0123. The molecule has 0 aromatic heterocycles. The lowest BCUT2D eigenvalue weighted by atomic mass is 10.0. The van der Waals surface area contributed by atoms with Crippen LogP contribution in [0.5, 0.6) is 11.5 Å². The summed E-state index contributed by atoms with van der Waals surface area (Å²) in [6.45, 7) is 7.52. The highest BCUT2D eigenvalue weighted by molar-refractivity contribution is 6.10. The Morgan fingerprint density at radius 3 is 2.47 bits per heavy atom. The fourth-order valence-electron chi connectivity index (χ4n) is 3.79. The van der Waals surface area contributed by atoms with E-state index in [1.54, 1.807) is 36.9 Å². The van der Waals surface area contributed by atoms with Gasteiger partial charge in [-0.1, -0.05) is 6.07 Å². The zero-order valence-corrected chi connectivity index (χ0v) is 17.5. The Morgan fingerprint density at radius 1 is 1.03 bits per heavy atom. The number of ether oxygens (including phenoxy) is 2. The maximum atomic E-state index is 13.1. The molecule has 0 saturated carbocycles. The van der Waals surface area contributed by atoms with E-state index < -0.39 is 5.60 Å². The Kier molecular flexibility index (Phi) is 4.76. The number of likely N-dealkylation sites (N-methyl/N-ethyl adjacent to an activating group) is 1. The molecule has 156 valence electrons. The van der Waals surface area contributed by atoms with Crippen LogP contribution in [-0.2, 0) is 9.59 Å². The Labute approximate surface area is 175 Å². The van der Waals surface area contributed by atoms with Gasteiger partial charge in [0.05, 0.1) is 17.9 Å². The van der Waals surface area contributed by atoms with E-state index in [-0.39, 0.29) is 30.7 Å². The number of benzene rings is 2. The lowest BCUT2D eigenvalue weighted by molar-refractivity contribution is -0.132. The first-order valence-corrected chi connectivity index (χ1v) is 9.93. The standard InChI is InChI=1S/C23H24N2O5/c1-5-24-17-11-15(7-9-19(17)29-13-21(24)27)18(26)12-25-16-10-14(2)6-8-20(16)30-23(3,4)22(25)28/h6-11H,5,12-13H2,1-4H3. The number of Topliss-reactive ketones (excluding diaryl/α,β-unsaturated/α-hetero) is 1. The monoisotopic (exact) mass is 408 g/mol. The molecule has 2 heterocycles. The first-order valence-electron chi connectivity index (χ1n) is 9.93. The fraction of sp³-hybridized carbons (Fsp3) is 0.348. The van der Waals surface area contributed by atoms with E-state index in [4.69, 9.17) is 9.47 Å².